The van der Waals surface area contributed by atoms with Crippen LogP contribution in [-0.2, 0) is 19.1 Å². The van der Waals surface area contributed by atoms with Crippen molar-refractivity contribution < 1.29 is 27.4 Å². The number of carbonyl (C=O) groups excluding carboxylic acids is 1. The van der Waals surface area contributed by atoms with Crippen LogP contribution in [0.15, 0.2) is 48.5 Å². The largest absolute Gasteiger partial charge is 0.493 e. The lowest BCUT2D eigenvalue weighted by atomic mass is 10.1. The zero-order chi connectivity index (χ0) is 22.8. The minimum Gasteiger partial charge on any atom is -0.493 e. The average molecular weight is 432 g/mol. The topological polar surface area (TPSA) is 66.5 Å². The summed E-state index contributed by atoms with van der Waals surface area (Å²) < 4.78 is 51.2. The summed E-state index contributed by atoms with van der Waals surface area (Å²) in [6, 6.07) is 12.1. The van der Waals surface area contributed by atoms with Gasteiger partial charge in [0.25, 0.3) is 5.91 Å². The van der Waals surface area contributed by atoms with Crippen molar-refractivity contribution in [2.24, 2.45) is 5.73 Å². The third-order valence-electron chi connectivity index (χ3n) is 5.21. The lowest BCUT2D eigenvalue weighted by Gasteiger charge is -2.14. The summed E-state index contributed by atoms with van der Waals surface area (Å²) in [6.07, 6.45) is -3.82. The van der Waals surface area contributed by atoms with E-state index in [-0.39, 0.29) is 0 Å². The van der Waals surface area contributed by atoms with Crippen molar-refractivity contribution in [3.8, 4) is 22.8 Å². The lowest BCUT2D eigenvalue weighted by Crippen LogP contribution is -2.13. The molecule has 2 aromatic carbocycles. The number of carbonyl (C=O) groups is 1. The molecule has 1 aromatic heterocycles. The Balaban J connectivity index is 1.95. The number of aryl methyl sites for hydroxylation is 1. The SMILES string of the molecule is COc1ccc(CCn2c(-c3ccc(C(F)(F)F)cc3)cc(C(N)=O)c2C)cc1OC. The van der Waals surface area contributed by atoms with Gasteiger partial charge in [0.05, 0.1) is 25.3 Å². The third-order valence-corrected chi connectivity index (χ3v) is 5.21. The quantitative estimate of drug-likeness (QED) is 0.581. The fraction of sp³-hybridized carbons (Fsp3) is 0.261. The molecular formula is C23H23F3N2O3. The highest BCUT2D eigenvalue weighted by Crippen LogP contribution is 2.33. The number of aromatic nitrogens is 1. The second-order valence-electron chi connectivity index (χ2n) is 7.06. The van der Waals surface area contributed by atoms with E-state index in [4.69, 9.17) is 15.2 Å². The first-order chi connectivity index (χ1) is 14.7. The summed E-state index contributed by atoms with van der Waals surface area (Å²) in [6.45, 7) is 2.26. The molecule has 5 nitrogen and oxygen atoms in total. The first kappa shape index (κ1) is 22.3. The highest BCUT2D eigenvalue weighted by molar-refractivity contribution is 5.95. The molecule has 3 aromatic rings. The molecule has 0 spiro atoms. The maximum absolute atomic E-state index is 12.9. The summed E-state index contributed by atoms with van der Waals surface area (Å²) in [5.74, 6) is 0.630. The Morgan fingerprint density at radius 1 is 1.00 bits per heavy atom. The van der Waals surface area contributed by atoms with Crippen LogP contribution < -0.4 is 15.2 Å². The molecule has 0 fully saturated rings. The number of ether oxygens (including phenoxy) is 2. The molecule has 1 heterocycles. The lowest BCUT2D eigenvalue weighted by molar-refractivity contribution is -0.137. The van der Waals surface area contributed by atoms with E-state index < -0.39 is 17.6 Å². The summed E-state index contributed by atoms with van der Waals surface area (Å²) in [5, 5.41) is 0. The molecule has 3 rings (SSSR count). The zero-order valence-corrected chi connectivity index (χ0v) is 17.4. The number of nitrogens with two attached hydrogens (primary N) is 1. The number of nitrogens with zero attached hydrogens (tertiary/aromatic N) is 1. The molecule has 2 N–H and O–H groups in total. The van der Waals surface area contributed by atoms with Crippen LogP contribution in [-0.4, -0.2) is 24.7 Å². The van der Waals surface area contributed by atoms with Gasteiger partial charge in [-0.2, -0.15) is 13.2 Å². The smallest absolute Gasteiger partial charge is 0.416 e. The van der Waals surface area contributed by atoms with Crippen molar-refractivity contribution >= 4 is 5.91 Å². The van der Waals surface area contributed by atoms with Gasteiger partial charge in [-0.25, -0.2) is 0 Å². The number of primary amides is 1. The first-order valence-electron chi connectivity index (χ1n) is 9.54. The second-order valence-corrected chi connectivity index (χ2v) is 7.06. The molecule has 0 unspecified atom stereocenters. The molecule has 0 bridgehead atoms. The van der Waals surface area contributed by atoms with Crippen LogP contribution in [0.5, 0.6) is 11.5 Å². The van der Waals surface area contributed by atoms with Gasteiger partial charge >= 0.3 is 6.18 Å². The second kappa shape index (κ2) is 8.75. The molecular weight excluding hydrogens is 409 g/mol. The number of hydrogen-bond acceptors (Lipinski definition) is 3. The number of halogens is 3. The van der Waals surface area contributed by atoms with Gasteiger partial charge in [0.1, 0.15) is 0 Å². The molecule has 8 heteroatoms. The number of benzene rings is 2. The zero-order valence-electron chi connectivity index (χ0n) is 17.4. The van der Waals surface area contributed by atoms with Crippen LogP contribution >= 0.6 is 0 Å². The van der Waals surface area contributed by atoms with Crippen molar-refractivity contribution in [2.45, 2.75) is 26.1 Å². The molecule has 0 aliphatic heterocycles. The van der Waals surface area contributed by atoms with E-state index in [1.54, 1.807) is 27.2 Å². The minimum absolute atomic E-state index is 0.335. The first-order valence-corrected chi connectivity index (χ1v) is 9.54. The Morgan fingerprint density at radius 2 is 1.65 bits per heavy atom. The third kappa shape index (κ3) is 4.68. The van der Waals surface area contributed by atoms with Crippen molar-refractivity contribution in [1.82, 2.24) is 4.57 Å². The number of rotatable bonds is 7. The summed E-state index contributed by atoms with van der Waals surface area (Å²) in [5.41, 5.74) is 7.93. The van der Waals surface area contributed by atoms with Gasteiger partial charge in [-0.05, 0) is 54.8 Å². The number of hydrogen-bond donors (Lipinski definition) is 1. The van der Waals surface area contributed by atoms with Gasteiger partial charge in [-0.3, -0.25) is 4.79 Å². The number of alkyl halides is 3. The Kier molecular flexibility index (Phi) is 6.29. The van der Waals surface area contributed by atoms with Gasteiger partial charge in [-0.15, -0.1) is 0 Å². The maximum Gasteiger partial charge on any atom is 0.416 e. The molecule has 0 saturated carbocycles. The number of amides is 1. The van der Waals surface area contributed by atoms with Crippen LogP contribution in [0.3, 0.4) is 0 Å². The molecule has 0 saturated heterocycles. The van der Waals surface area contributed by atoms with Crippen molar-refractivity contribution in [2.75, 3.05) is 14.2 Å². The fourth-order valence-electron chi connectivity index (χ4n) is 3.53. The molecule has 0 radical (unpaired) electrons. The van der Waals surface area contributed by atoms with Crippen LogP contribution in [0, 0.1) is 6.92 Å². The average Bonchev–Trinajstić information content (AvgIpc) is 3.08. The predicted octanol–water partition coefficient (Wildman–Crippen LogP) is 4.84. The highest BCUT2D eigenvalue weighted by Gasteiger charge is 2.30. The van der Waals surface area contributed by atoms with Gasteiger partial charge in [-0.1, -0.05) is 18.2 Å². The highest BCUT2D eigenvalue weighted by atomic mass is 19.4. The van der Waals surface area contributed by atoms with Crippen LogP contribution in [0.4, 0.5) is 13.2 Å². The standard InChI is InChI=1S/C23H23F3N2O3/c1-14-18(22(27)29)13-19(16-5-7-17(8-6-16)23(24,25)26)28(14)11-10-15-4-9-20(30-2)21(12-15)31-3/h4-9,12-13H,10-11H2,1-3H3,(H2,27,29). The van der Waals surface area contributed by atoms with E-state index in [2.05, 4.69) is 0 Å². The summed E-state index contributed by atoms with van der Waals surface area (Å²) in [4.78, 5) is 11.9. The van der Waals surface area contributed by atoms with Gasteiger partial charge < -0.3 is 19.8 Å². The molecule has 164 valence electrons. The number of methoxy groups -OCH3 is 2. The van der Waals surface area contributed by atoms with E-state index in [0.717, 1.165) is 17.7 Å². The van der Waals surface area contributed by atoms with Gasteiger partial charge in [0.2, 0.25) is 0 Å². The Bertz CT molecular complexity index is 1090. The van der Waals surface area contributed by atoms with Crippen LogP contribution in [0.1, 0.15) is 27.2 Å². The Labute approximate surface area is 178 Å². The minimum atomic E-state index is -4.41. The van der Waals surface area contributed by atoms with Crippen molar-refractivity contribution in [3.63, 3.8) is 0 Å². The molecule has 0 atom stereocenters. The normalized spacial score (nSPS) is 11.4. The van der Waals surface area contributed by atoms with E-state index in [0.29, 0.717) is 47.0 Å². The van der Waals surface area contributed by atoms with Crippen LogP contribution in [0.2, 0.25) is 0 Å². The molecule has 0 aliphatic carbocycles. The van der Waals surface area contributed by atoms with E-state index in [9.17, 15) is 18.0 Å². The Morgan fingerprint density at radius 3 is 2.19 bits per heavy atom. The van der Waals surface area contributed by atoms with E-state index in [1.165, 1.54) is 12.1 Å². The maximum atomic E-state index is 12.9. The fourth-order valence-corrected chi connectivity index (χ4v) is 3.53. The van der Waals surface area contributed by atoms with Crippen LogP contribution in [0.25, 0.3) is 11.3 Å². The molecule has 0 aliphatic rings. The summed E-state index contributed by atoms with van der Waals surface area (Å²) >= 11 is 0. The van der Waals surface area contributed by atoms with E-state index in [1.807, 2.05) is 22.8 Å². The predicted molar refractivity (Wildman–Crippen MR) is 111 cm³/mol. The Hall–Kier alpha value is -3.42. The monoisotopic (exact) mass is 432 g/mol. The summed E-state index contributed by atoms with van der Waals surface area (Å²) in [7, 11) is 3.11. The van der Waals surface area contributed by atoms with E-state index >= 15 is 0 Å². The van der Waals surface area contributed by atoms with Crippen molar-refractivity contribution in [1.29, 1.82) is 0 Å². The van der Waals surface area contributed by atoms with Gasteiger partial charge in [0.15, 0.2) is 11.5 Å². The van der Waals surface area contributed by atoms with Crippen molar-refractivity contribution in [3.05, 3.63) is 70.9 Å². The molecule has 31 heavy (non-hydrogen) atoms. The molecule has 1 amide bonds. The van der Waals surface area contributed by atoms with Gasteiger partial charge in [0, 0.05) is 17.9 Å².